The minimum absolute atomic E-state index is 0.0277. The van der Waals surface area contributed by atoms with Crippen LogP contribution in [-0.2, 0) is 6.18 Å². The van der Waals surface area contributed by atoms with Crippen LogP contribution in [0.2, 0.25) is 0 Å². The zero-order chi connectivity index (χ0) is 18.0. The van der Waals surface area contributed by atoms with E-state index in [-0.39, 0.29) is 11.0 Å². The number of methoxy groups -OCH3 is 1. The molecule has 25 heavy (non-hydrogen) atoms. The standard InChI is InChI=1S/C17H17F3N4O/c1-3-21-12-8-14(23-11-6-4-5-7-13(11)25-2)24-16-15(12)10(9-22-16)17(18,19)20/h4-9H,3H2,1-2H3,(H3,21,22,23,24). The molecule has 8 heteroatoms. The van der Waals surface area contributed by atoms with Gasteiger partial charge in [0, 0.05) is 24.5 Å². The second kappa shape index (κ2) is 6.54. The molecule has 3 rings (SSSR count). The summed E-state index contributed by atoms with van der Waals surface area (Å²) in [7, 11) is 1.54. The molecule has 0 aliphatic rings. The Morgan fingerprint density at radius 2 is 1.96 bits per heavy atom. The summed E-state index contributed by atoms with van der Waals surface area (Å²) in [6.07, 6.45) is -3.52. The molecule has 5 nitrogen and oxygen atoms in total. The molecule has 0 fully saturated rings. The maximum atomic E-state index is 13.2. The lowest BCUT2D eigenvalue weighted by Crippen LogP contribution is -2.06. The van der Waals surface area contributed by atoms with Crippen molar-refractivity contribution in [2.45, 2.75) is 13.1 Å². The van der Waals surface area contributed by atoms with Crippen LogP contribution in [0.25, 0.3) is 11.0 Å². The Morgan fingerprint density at radius 3 is 2.64 bits per heavy atom. The second-order valence-electron chi connectivity index (χ2n) is 5.33. The number of H-pyrrole nitrogens is 1. The lowest BCUT2D eigenvalue weighted by molar-refractivity contribution is -0.136. The van der Waals surface area contributed by atoms with Gasteiger partial charge in [-0.25, -0.2) is 4.98 Å². The van der Waals surface area contributed by atoms with Crippen molar-refractivity contribution in [3.8, 4) is 5.75 Å². The first-order valence-corrected chi connectivity index (χ1v) is 7.67. The number of rotatable bonds is 5. The fourth-order valence-corrected chi connectivity index (χ4v) is 2.64. The van der Waals surface area contributed by atoms with Gasteiger partial charge in [-0.15, -0.1) is 0 Å². The Labute approximate surface area is 142 Å². The fourth-order valence-electron chi connectivity index (χ4n) is 2.64. The van der Waals surface area contributed by atoms with Crippen molar-refractivity contribution >= 4 is 28.2 Å². The number of aromatic nitrogens is 2. The van der Waals surface area contributed by atoms with Gasteiger partial charge in [0.2, 0.25) is 0 Å². The van der Waals surface area contributed by atoms with Gasteiger partial charge in [0.15, 0.2) is 0 Å². The number of pyridine rings is 1. The quantitative estimate of drug-likeness (QED) is 0.620. The molecule has 3 aromatic rings. The number of nitrogens with zero attached hydrogens (tertiary/aromatic N) is 1. The Morgan fingerprint density at radius 1 is 1.20 bits per heavy atom. The largest absolute Gasteiger partial charge is 0.495 e. The maximum absolute atomic E-state index is 13.2. The Balaban J connectivity index is 2.09. The van der Waals surface area contributed by atoms with Crippen LogP contribution < -0.4 is 15.4 Å². The number of anilines is 3. The molecule has 0 unspecified atom stereocenters. The first-order chi connectivity index (χ1) is 11.9. The van der Waals surface area contributed by atoms with Gasteiger partial charge in [0.05, 0.1) is 23.7 Å². The molecular formula is C17H17F3N4O. The van der Waals surface area contributed by atoms with E-state index in [1.165, 1.54) is 0 Å². The predicted octanol–water partition coefficient (Wildman–Crippen LogP) is 4.77. The summed E-state index contributed by atoms with van der Waals surface area (Å²) < 4.78 is 44.9. The van der Waals surface area contributed by atoms with E-state index in [0.717, 1.165) is 6.20 Å². The molecule has 2 heterocycles. The van der Waals surface area contributed by atoms with E-state index in [4.69, 9.17) is 4.74 Å². The summed E-state index contributed by atoms with van der Waals surface area (Å²) in [5.41, 5.74) is 0.443. The number of para-hydroxylation sites is 2. The Bertz CT molecular complexity index is 889. The van der Waals surface area contributed by atoms with Crippen molar-refractivity contribution in [3.63, 3.8) is 0 Å². The Kier molecular flexibility index (Phi) is 4.43. The molecule has 0 aliphatic heterocycles. The number of nitrogens with one attached hydrogen (secondary N) is 3. The summed E-state index contributed by atoms with van der Waals surface area (Å²) in [5, 5.41) is 6.09. The zero-order valence-corrected chi connectivity index (χ0v) is 13.7. The molecule has 132 valence electrons. The number of hydrogen-bond donors (Lipinski definition) is 3. The molecule has 0 radical (unpaired) electrons. The average molecular weight is 350 g/mol. The molecule has 0 spiro atoms. The molecule has 0 atom stereocenters. The molecular weight excluding hydrogens is 333 g/mol. The van der Waals surface area contributed by atoms with E-state index in [9.17, 15) is 13.2 Å². The van der Waals surface area contributed by atoms with E-state index >= 15 is 0 Å². The third kappa shape index (κ3) is 3.33. The minimum atomic E-state index is -4.46. The van der Waals surface area contributed by atoms with Crippen LogP contribution in [0.15, 0.2) is 36.5 Å². The first kappa shape index (κ1) is 16.9. The van der Waals surface area contributed by atoms with Crippen LogP contribution in [-0.4, -0.2) is 23.6 Å². The van der Waals surface area contributed by atoms with Crippen LogP contribution in [0.5, 0.6) is 5.75 Å². The highest BCUT2D eigenvalue weighted by Gasteiger charge is 2.35. The van der Waals surface area contributed by atoms with Gasteiger partial charge >= 0.3 is 6.18 Å². The molecule has 0 aliphatic carbocycles. The highest BCUT2D eigenvalue weighted by molar-refractivity contribution is 5.95. The predicted molar refractivity (Wildman–Crippen MR) is 91.5 cm³/mol. The average Bonchev–Trinajstić information content (AvgIpc) is 3.00. The van der Waals surface area contributed by atoms with Gasteiger partial charge in [-0.1, -0.05) is 12.1 Å². The number of hydrogen-bond acceptors (Lipinski definition) is 4. The smallest absolute Gasteiger partial charge is 0.418 e. The summed E-state index contributed by atoms with van der Waals surface area (Å²) in [6, 6.07) is 8.79. The number of benzene rings is 1. The van der Waals surface area contributed by atoms with Crippen LogP contribution >= 0.6 is 0 Å². The summed E-state index contributed by atoms with van der Waals surface area (Å²) in [6.45, 7) is 2.30. The number of aromatic amines is 1. The number of ether oxygens (including phenoxy) is 1. The van der Waals surface area contributed by atoms with Crippen molar-refractivity contribution in [1.82, 2.24) is 9.97 Å². The highest BCUT2D eigenvalue weighted by Crippen LogP contribution is 2.39. The van der Waals surface area contributed by atoms with Crippen LogP contribution in [0.1, 0.15) is 12.5 Å². The van der Waals surface area contributed by atoms with Gasteiger partial charge in [-0.2, -0.15) is 13.2 Å². The van der Waals surface area contributed by atoms with Crippen LogP contribution in [0.3, 0.4) is 0 Å². The zero-order valence-electron chi connectivity index (χ0n) is 13.7. The molecule has 2 aromatic heterocycles. The van der Waals surface area contributed by atoms with Crippen molar-refractivity contribution in [2.24, 2.45) is 0 Å². The lowest BCUT2D eigenvalue weighted by Gasteiger charge is -2.14. The first-order valence-electron chi connectivity index (χ1n) is 7.67. The van der Waals surface area contributed by atoms with Gasteiger partial charge in [0.25, 0.3) is 0 Å². The monoisotopic (exact) mass is 350 g/mol. The van der Waals surface area contributed by atoms with Crippen molar-refractivity contribution in [1.29, 1.82) is 0 Å². The van der Waals surface area contributed by atoms with Crippen LogP contribution in [0, 0.1) is 0 Å². The molecule has 0 saturated carbocycles. The summed E-state index contributed by atoms with van der Waals surface area (Å²) >= 11 is 0. The van der Waals surface area contributed by atoms with E-state index in [1.807, 2.05) is 19.1 Å². The third-order valence-electron chi connectivity index (χ3n) is 3.68. The normalized spacial score (nSPS) is 11.6. The lowest BCUT2D eigenvalue weighted by atomic mass is 10.1. The van der Waals surface area contributed by atoms with Crippen molar-refractivity contribution < 1.29 is 17.9 Å². The topological polar surface area (TPSA) is 62.0 Å². The number of fused-ring (bicyclic) bond motifs is 1. The minimum Gasteiger partial charge on any atom is -0.495 e. The molecule has 0 amide bonds. The van der Waals surface area contributed by atoms with Crippen molar-refractivity contribution in [2.75, 3.05) is 24.3 Å². The van der Waals surface area contributed by atoms with Gasteiger partial charge in [-0.05, 0) is 19.1 Å². The molecule has 0 bridgehead atoms. The second-order valence-corrected chi connectivity index (χ2v) is 5.33. The molecule has 1 aromatic carbocycles. The van der Waals surface area contributed by atoms with Gasteiger partial charge in [0.1, 0.15) is 17.2 Å². The fraction of sp³-hybridized carbons (Fsp3) is 0.235. The van der Waals surface area contributed by atoms with Gasteiger partial charge < -0.3 is 20.4 Å². The van der Waals surface area contributed by atoms with E-state index in [0.29, 0.717) is 29.5 Å². The summed E-state index contributed by atoms with van der Waals surface area (Å²) in [4.78, 5) is 6.87. The van der Waals surface area contributed by atoms with Gasteiger partial charge in [-0.3, -0.25) is 0 Å². The molecule has 0 saturated heterocycles. The highest BCUT2D eigenvalue weighted by atomic mass is 19.4. The number of alkyl halides is 3. The molecule has 3 N–H and O–H groups in total. The van der Waals surface area contributed by atoms with Crippen molar-refractivity contribution in [3.05, 3.63) is 42.1 Å². The number of halogens is 3. The van der Waals surface area contributed by atoms with E-state index < -0.39 is 11.7 Å². The maximum Gasteiger partial charge on any atom is 0.418 e. The Hall–Kier alpha value is -2.90. The van der Waals surface area contributed by atoms with E-state index in [1.54, 1.807) is 25.3 Å². The van der Waals surface area contributed by atoms with Crippen LogP contribution in [0.4, 0.5) is 30.4 Å². The SMILES string of the molecule is CCNc1cc(Nc2ccccc2OC)nc2[nH]cc(C(F)(F)F)c12. The van der Waals surface area contributed by atoms with E-state index in [2.05, 4.69) is 20.6 Å². The summed E-state index contributed by atoms with van der Waals surface area (Å²) in [5.74, 6) is 1.01. The third-order valence-corrected chi connectivity index (χ3v) is 3.68.